The normalized spacial score (nSPS) is 10.5. The van der Waals surface area contributed by atoms with E-state index in [0.717, 1.165) is 24.2 Å². The SMILES string of the molecule is CCCOCCOCc1ccccc1CC(=O)O. The minimum absolute atomic E-state index is 0.0336. The lowest BCUT2D eigenvalue weighted by molar-refractivity contribution is -0.136. The lowest BCUT2D eigenvalue weighted by atomic mass is 10.1. The number of carbonyl (C=O) groups is 1. The predicted molar refractivity (Wildman–Crippen MR) is 68.5 cm³/mol. The Labute approximate surface area is 108 Å². The molecule has 0 spiro atoms. The molecule has 0 bridgehead atoms. The quantitative estimate of drug-likeness (QED) is 0.685. The molecule has 0 saturated heterocycles. The van der Waals surface area contributed by atoms with Crippen LogP contribution >= 0.6 is 0 Å². The number of benzene rings is 1. The smallest absolute Gasteiger partial charge is 0.307 e. The second kappa shape index (κ2) is 8.66. The molecule has 0 aliphatic carbocycles. The zero-order valence-corrected chi connectivity index (χ0v) is 10.7. The molecule has 100 valence electrons. The van der Waals surface area contributed by atoms with Crippen molar-refractivity contribution in [1.29, 1.82) is 0 Å². The Hall–Kier alpha value is -1.39. The largest absolute Gasteiger partial charge is 0.481 e. The summed E-state index contributed by atoms with van der Waals surface area (Å²) in [7, 11) is 0. The third-order valence-corrected chi connectivity index (χ3v) is 2.44. The highest BCUT2D eigenvalue weighted by atomic mass is 16.5. The molecule has 0 unspecified atom stereocenters. The molecule has 18 heavy (non-hydrogen) atoms. The summed E-state index contributed by atoms with van der Waals surface area (Å²) in [6.07, 6.45) is 1.04. The summed E-state index contributed by atoms with van der Waals surface area (Å²) >= 11 is 0. The van der Waals surface area contributed by atoms with Gasteiger partial charge in [-0.05, 0) is 17.5 Å². The van der Waals surface area contributed by atoms with Crippen LogP contribution in [0.3, 0.4) is 0 Å². The summed E-state index contributed by atoms with van der Waals surface area (Å²) in [6.45, 7) is 4.34. The van der Waals surface area contributed by atoms with Gasteiger partial charge < -0.3 is 14.6 Å². The van der Waals surface area contributed by atoms with Gasteiger partial charge in [-0.3, -0.25) is 4.79 Å². The van der Waals surface area contributed by atoms with Gasteiger partial charge in [0.2, 0.25) is 0 Å². The first-order chi connectivity index (χ1) is 8.74. The average Bonchev–Trinajstić information content (AvgIpc) is 2.35. The lowest BCUT2D eigenvalue weighted by Gasteiger charge is -2.09. The first-order valence-electron chi connectivity index (χ1n) is 6.18. The molecule has 0 radical (unpaired) electrons. The maximum absolute atomic E-state index is 10.7. The summed E-state index contributed by atoms with van der Waals surface area (Å²) in [4.78, 5) is 10.7. The highest BCUT2D eigenvalue weighted by Crippen LogP contribution is 2.11. The Morgan fingerprint density at radius 2 is 1.78 bits per heavy atom. The van der Waals surface area contributed by atoms with E-state index in [1.807, 2.05) is 24.3 Å². The fraction of sp³-hybridized carbons (Fsp3) is 0.500. The van der Waals surface area contributed by atoms with Crippen LogP contribution in [0.25, 0.3) is 0 Å². The van der Waals surface area contributed by atoms with Gasteiger partial charge in [-0.25, -0.2) is 0 Å². The van der Waals surface area contributed by atoms with Crippen LogP contribution in [0.15, 0.2) is 24.3 Å². The van der Waals surface area contributed by atoms with Crippen LogP contribution in [0.1, 0.15) is 24.5 Å². The molecule has 4 nitrogen and oxygen atoms in total. The molecule has 0 heterocycles. The van der Waals surface area contributed by atoms with Crippen LogP contribution in [0.2, 0.25) is 0 Å². The van der Waals surface area contributed by atoms with E-state index in [0.29, 0.717) is 19.8 Å². The number of hydrogen-bond acceptors (Lipinski definition) is 3. The molecule has 0 amide bonds. The molecular weight excluding hydrogens is 232 g/mol. The van der Waals surface area contributed by atoms with Gasteiger partial charge in [-0.15, -0.1) is 0 Å². The van der Waals surface area contributed by atoms with Crippen LogP contribution in [0.4, 0.5) is 0 Å². The van der Waals surface area contributed by atoms with Crippen molar-refractivity contribution in [3.63, 3.8) is 0 Å². The maximum atomic E-state index is 10.7. The molecule has 1 aromatic carbocycles. The van der Waals surface area contributed by atoms with E-state index in [1.165, 1.54) is 0 Å². The van der Waals surface area contributed by atoms with Crippen LogP contribution < -0.4 is 0 Å². The van der Waals surface area contributed by atoms with Crippen molar-refractivity contribution in [2.75, 3.05) is 19.8 Å². The number of carboxylic acid groups (broad SMARTS) is 1. The van der Waals surface area contributed by atoms with Crippen LogP contribution in [0.5, 0.6) is 0 Å². The summed E-state index contributed by atoms with van der Waals surface area (Å²) < 4.78 is 10.8. The van der Waals surface area contributed by atoms with Crippen molar-refractivity contribution in [3.8, 4) is 0 Å². The zero-order valence-electron chi connectivity index (χ0n) is 10.7. The van der Waals surface area contributed by atoms with E-state index in [2.05, 4.69) is 6.92 Å². The number of rotatable bonds is 9. The summed E-state index contributed by atoms with van der Waals surface area (Å²) in [5, 5.41) is 8.80. The molecule has 4 heteroatoms. The van der Waals surface area contributed by atoms with E-state index < -0.39 is 5.97 Å². The zero-order chi connectivity index (χ0) is 13.2. The van der Waals surface area contributed by atoms with E-state index in [1.54, 1.807) is 0 Å². The predicted octanol–water partition coefficient (Wildman–Crippen LogP) is 2.26. The second-order valence-corrected chi connectivity index (χ2v) is 4.00. The van der Waals surface area contributed by atoms with Gasteiger partial charge >= 0.3 is 5.97 Å². The molecule has 1 aromatic rings. The Bertz CT molecular complexity index is 363. The van der Waals surface area contributed by atoms with E-state index in [-0.39, 0.29) is 6.42 Å². The Balaban J connectivity index is 2.34. The fourth-order valence-electron chi connectivity index (χ4n) is 1.58. The van der Waals surface area contributed by atoms with Crippen molar-refractivity contribution in [3.05, 3.63) is 35.4 Å². The van der Waals surface area contributed by atoms with Gasteiger partial charge in [0.15, 0.2) is 0 Å². The molecule has 0 atom stereocenters. The fourth-order valence-corrected chi connectivity index (χ4v) is 1.58. The minimum Gasteiger partial charge on any atom is -0.481 e. The van der Waals surface area contributed by atoms with E-state index in [9.17, 15) is 4.79 Å². The lowest BCUT2D eigenvalue weighted by Crippen LogP contribution is -2.08. The molecule has 1 N–H and O–H groups in total. The van der Waals surface area contributed by atoms with Gasteiger partial charge in [0.05, 0.1) is 26.2 Å². The first-order valence-corrected chi connectivity index (χ1v) is 6.18. The van der Waals surface area contributed by atoms with Crippen molar-refractivity contribution in [2.45, 2.75) is 26.4 Å². The van der Waals surface area contributed by atoms with Crippen LogP contribution in [-0.4, -0.2) is 30.9 Å². The van der Waals surface area contributed by atoms with Crippen molar-refractivity contribution in [1.82, 2.24) is 0 Å². The molecule has 0 fully saturated rings. The standard InChI is InChI=1S/C14H20O4/c1-2-7-17-8-9-18-11-13-6-4-3-5-12(13)10-14(15)16/h3-6H,2,7-11H2,1H3,(H,15,16). The van der Waals surface area contributed by atoms with Crippen LogP contribution in [0, 0.1) is 0 Å². The summed E-state index contributed by atoms with van der Waals surface area (Å²) in [6, 6.07) is 7.44. The van der Waals surface area contributed by atoms with Gasteiger partial charge in [0.25, 0.3) is 0 Å². The Kier molecular flexibility index (Phi) is 7.06. The topological polar surface area (TPSA) is 55.8 Å². The first kappa shape index (κ1) is 14.7. The highest BCUT2D eigenvalue weighted by Gasteiger charge is 2.05. The Morgan fingerprint density at radius 1 is 1.11 bits per heavy atom. The number of aliphatic carboxylic acids is 1. The van der Waals surface area contributed by atoms with Crippen LogP contribution in [-0.2, 0) is 27.3 Å². The summed E-state index contributed by atoms with van der Waals surface area (Å²) in [5.41, 5.74) is 1.73. The van der Waals surface area contributed by atoms with Gasteiger partial charge in [-0.1, -0.05) is 31.2 Å². The monoisotopic (exact) mass is 252 g/mol. The van der Waals surface area contributed by atoms with E-state index >= 15 is 0 Å². The molecule has 0 aromatic heterocycles. The van der Waals surface area contributed by atoms with E-state index in [4.69, 9.17) is 14.6 Å². The molecule has 0 aliphatic rings. The molecule has 0 aliphatic heterocycles. The van der Waals surface area contributed by atoms with Gasteiger partial charge in [0.1, 0.15) is 0 Å². The molecule has 0 saturated carbocycles. The number of carboxylic acids is 1. The van der Waals surface area contributed by atoms with Gasteiger partial charge in [-0.2, -0.15) is 0 Å². The molecule has 1 rings (SSSR count). The maximum Gasteiger partial charge on any atom is 0.307 e. The molecular formula is C14H20O4. The van der Waals surface area contributed by atoms with Crippen molar-refractivity contribution >= 4 is 5.97 Å². The average molecular weight is 252 g/mol. The number of hydrogen-bond donors (Lipinski definition) is 1. The van der Waals surface area contributed by atoms with Crippen molar-refractivity contribution in [2.24, 2.45) is 0 Å². The highest BCUT2D eigenvalue weighted by molar-refractivity contribution is 5.70. The second-order valence-electron chi connectivity index (χ2n) is 4.00. The minimum atomic E-state index is -0.825. The number of ether oxygens (including phenoxy) is 2. The summed E-state index contributed by atoms with van der Waals surface area (Å²) in [5.74, 6) is -0.825. The third-order valence-electron chi connectivity index (χ3n) is 2.44. The third kappa shape index (κ3) is 5.80. The Morgan fingerprint density at radius 3 is 2.44 bits per heavy atom. The van der Waals surface area contributed by atoms with Gasteiger partial charge in [0, 0.05) is 6.61 Å². The van der Waals surface area contributed by atoms with Crippen molar-refractivity contribution < 1.29 is 19.4 Å².